The van der Waals surface area contributed by atoms with Crippen LogP contribution in [0.4, 0.5) is 13.2 Å². The fourth-order valence-corrected chi connectivity index (χ4v) is 3.11. The average Bonchev–Trinajstić information content (AvgIpc) is 2.55. The Morgan fingerprint density at radius 3 is 2.56 bits per heavy atom. The molecule has 0 amide bonds. The molecule has 0 unspecified atom stereocenters. The highest BCUT2D eigenvalue weighted by Crippen LogP contribution is 2.33. The van der Waals surface area contributed by atoms with Gasteiger partial charge in [-0.25, -0.2) is 4.98 Å². The van der Waals surface area contributed by atoms with Gasteiger partial charge in [-0.1, -0.05) is 35.0 Å². The minimum atomic E-state index is -4.56. The number of alkyl halides is 3. The highest BCUT2D eigenvalue weighted by atomic mass is 79.9. The van der Waals surface area contributed by atoms with Gasteiger partial charge in [0.1, 0.15) is 5.82 Å². The van der Waals surface area contributed by atoms with E-state index >= 15 is 0 Å². The molecule has 0 fully saturated rings. The number of fused-ring (bicyclic) bond motifs is 1. The van der Waals surface area contributed by atoms with Crippen molar-refractivity contribution in [1.82, 2.24) is 9.55 Å². The standard InChI is InChI=1S/C18H14BrF3N2O/c1-2-5-16-23-14-9-8-11(19)10-12(14)17(25)24(16)15-7-4-3-6-13(15)18(20,21)22/h3-4,6-10H,2,5H2,1H3. The fraction of sp³-hybridized carbons (Fsp3) is 0.222. The molecule has 0 aliphatic carbocycles. The smallest absolute Gasteiger partial charge is 0.268 e. The maximum atomic E-state index is 13.4. The summed E-state index contributed by atoms with van der Waals surface area (Å²) in [6, 6.07) is 10.1. The maximum absolute atomic E-state index is 13.4. The molecule has 0 radical (unpaired) electrons. The van der Waals surface area contributed by atoms with E-state index in [4.69, 9.17) is 0 Å². The summed E-state index contributed by atoms with van der Waals surface area (Å²) in [5.74, 6) is 0.319. The number of rotatable bonds is 3. The number of aromatic nitrogens is 2. The van der Waals surface area contributed by atoms with E-state index in [1.165, 1.54) is 18.2 Å². The summed E-state index contributed by atoms with van der Waals surface area (Å²) in [5, 5.41) is 0.270. The lowest BCUT2D eigenvalue weighted by Crippen LogP contribution is -2.26. The van der Waals surface area contributed by atoms with E-state index in [1.807, 2.05) is 6.92 Å². The molecule has 0 N–H and O–H groups in total. The molecule has 0 aliphatic heterocycles. The summed E-state index contributed by atoms with van der Waals surface area (Å²) in [4.78, 5) is 17.4. The molecule has 1 heterocycles. The topological polar surface area (TPSA) is 34.9 Å². The van der Waals surface area contributed by atoms with E-state index in [9.17, 15) is 18.0 Å². The molecule has 3 aromatic rings. The molecule has 130 valence electrons. The molecule has 7 heteroatoms. The van der Waals surface area contributed by atoms with Crippen LogP contribution < -0.4 is 5.56 Å². The third kappa shape index (κ3) is 3.33. The number of benzene rings is 2. The van der Waals surface area contributed by atoms with Crippen molar-refractivity contribution in [3.63, 3.8) is 0 Å². The Morgan fingerprint density at radius 1 is 1.16 bits per heavy atom. The Balaban J connectivity index is 2.42. The van der Waals surface area contributed by atoms with Gasteiger partial charge in [-0.2, -0.15) is 13.2 Å². The molecule has 2 aromatic carbocycles. The van der Waals surface area contributed by atoms with Crippen molar-refractivity contribution in [2.45, 2.75) is 25.9 Å². The lowest BCUT2D eigenvalue weighted by molar-refractivity contribution is -0.137. The maximum Gasteiger partial charge on any atom is 0.418 e. The first kappa shape index (κ1) is 17.7. The normalized spacial score (nSPS) is 11.9. The van der Waals surface area contributed by atoms with E-state index in [-0.39, 0.29) is 11.1 Å². The monoisotopic (exact) mass is 410 g/mol. The van der Waals surface area contributed by atoms with Crippen molar-refractivity contribution in [3.05, 3.63) is 68.7 Å². The Labute approximate surface area is 150 Å². The van der Waals surface area contributed by atoms with Crippen LogP contribution in [-0.4, -0.2) is 9.55 Å². The van der Waals surface area contributed by atoms with Gasteiger partial charge < -0.3 is 0 Å². The number of hydrogen-bond donors (Lipinski definition) is 0. The second-order valence-electron chi connectivity index (χ2n) is 5.59. The van der Waals surface area contributed by atoms with Crippen LogP contribution in [0.25, 0.3) is 16.6 Å². The second-order valence-corrected chi connectivity index (χ2v) is 6.51. The minimum Gasteiger partial charge on any atom is -0.268 e. The quantitative estimate of drug-likeness (QED) is 0.600. The van der Waals surface area contributed by atoms with Crippen molar-refractivity contribution < 1.29 is 13.2 Å². The van der Waals surface area contributed by atoms with E-state index in [1.54, 1.807) is 18.2 Å². The first-order valence-electron chi connectivity index (χ1n) is 7.70. The van der Waals surface area contributed by atoms with Gasteiger partial charge in [0, 0.05) is 10.9 Å². The highest BCUT2D eigenvalue weighted by molar-refractivity contribution is 9.10. The summed E-state index contributed by atoms with van der Waals surface area (Å²) in [6.45, 7) is 1.89. The van der Waals surface area contributed by atoms with E-state index in [0.717, 1.165) is 10.6 Å². The van der Waals surface area contributed by atoms with Crippen LogP contribution in [0.1, 0.15) is 24.7 Å². The van der Waals surface area contributed by atoms with E-state index < -0.39 is 17.3 Å². The molecule has 0 saturated carbocycles. The molecular weight excluding hydrogens is 397 g/mol. The van der Waals surface area contributed by atoms with Crippen molar-refractivity contribution in [2.75, 3.05) is 0 Å². The van der Waals surface area contributed by atoms with Crippen molar-refractivity contribution in [3.8, 4) is 5.69 Å². The highest BCUT2D eigenvalue weighted by Gasteiger charge is 2.34. The van der Waals surface area contributed by atoms with Crippen LogP contribution in [0, 0.1) is 0 Å². The molecule has 3 rings (SSSR count). The third-order valence-corrected chi connectivity index (χ3v) is 4.32. The zero-order chi connectivity index (χ0) is 18.2. The van der Waals surface area contributed by atoms with Gasteiger partial charge in [0.15, 0.2) is 0 Å². The van der Waals surface area contributed by atoms with E-state index in [0.29, 0.717) is 28.7 Å². The number of aryl methyl sites for hydroxylation is 1. The largest absolute Gasteiger partial charge is 0.418 e. The molecule has 0 aliphatic rings. The second kappa shape index (κ2) is 6.63. The lowest BCUT2D eigenvalue weighted by atomic mass is 10.1. The first-order valence-corrected chi connectivity index (χ1v) is 8.50. The summed E-state index contributed by atoms with van der Waals surface area (Å²) in [6.07, 6.45) is -3.51. The van der Waals surface area contributed by atoms with Crippen molar-refractivity contribution in [2.24, 2.45) is 0 Å². The number of hydrogen-bond acceptors (Lipinski definition) is 2. The number of halogens is 4. The van der Waals surface area contributed by atoms with Crippen molar-refractivity contribution >= 4 is 26.8 Å². The Hall–Kier alpha value is -2.15. The van der Waals surface area contributed by atoms with Crippen LogP contribution in [-0.2, 0) is 12.6 Å². The van der Waals surface area contributed by atoms with Crippen LogP contribution >= 0.6 is 15.9 Å². The van der Waals surface area contributed by atoms with Crippen LogP contribution in [0.15, 0.2) is 51.7 Å². The minimum absolute atomic E-state index is 0.196. The van der Waals surface area contributed by atoms with Crippen LogP contribution in [0.3, 0.4) is 0 Å². The van der Waals surface area contributed by atoms with Gasteiger partial charge in [-0.15, -0.1) is 0 Å². The molecule has 0 spiro atoms. The molecule has 0 bridgehead atoms. The first-order chi connectivity index (χ1) is 11.8. The summed E-state index contributed by atoms with van der Waals surface area (Å²) in [7, 11) is 0. The van der Waals surface area contributed by atoms with E-state index in [2.05, 4.69) is 20.9 Å². The number of para-hydroxylation sites is 1. The van der Waals surface area contributed by atoms with Gasteiger partial charge >= 0.3 is 6.18 Å². The molecule has 3 nitrogen and oxygen atoms in total. The fourth-order valence-electron chi connectivity index (χ4n) is 2.75. The van der Waals surface area contributed by atoms with Gasteiger partial charge in [0.05, 0.1) is 22.2 Å². The number of nitrogens with zero attached hydrogens (tertiary/aromatic N) is 2. The van der Waals surface area contributed by atoms with Crippen molar-refractivity contribution in [1.29, 1.82) is 0 Å². The Kier molecular flexibility index (Phi) is 4.69. The molecular formula is C18H14BrF3N2O. The van der Waals surface area contributed by atoms with Crippen LogP contribution in [0.2, 0.25) is 0 Å². The van der Waals surface area contributed by atoms with Gasteiger partial charge in [-0.3, -0.25) is 9.36 Å². The summed E-state index contributed by atoms with van der Waals surface area (Å²) < 4.78 is 42.0. The SMILES string of the molecule is CCCc1nc2ccc(Br)cc2c(=O)n1-c1ccccc1C(F)(F)F. The molecule has 0 atom stereocenters. The summed E-state index contributed by atoms with van der Waals surface area (Å²) >= 11 is 3.29. The molecule has 1 aromatic heterocycles. The van der Waals surface area contributed by atoms with Gasteiger partial charge in [0.2, 0.25) is 0 Å². The molecule has 25 heavy (non-hydrogen) atoms. The Morgan fingerprint density at radius 2 is 1.88 bits per heavy atom. The lowest BCUT2D eigenvalue weighted by Gasteiger charge is -2.18. The zero-order valence-corrected chi connectivity index (χ0v) is 14.9. The van der Waals surface area contributed by atoms with Gasteiger partial charge in [-0.05, 0) is 36.8 Å². The van der Waals surface area contributed by atoms with Crippen LogP contribution in [0.5, 0.6) is 0 Å². The zero-order valence-electron chi connectivity index (χ0n) is 13.3. The Bertz CT molecular complexity index is 996. The predicted octanol–water partition coefficient (Wildman–Crippen LogP) is 5.12. The molecule has 0 saturated heterocycles. The third-order valence-electron chi connectivity index (χ3n) is 3.82. The van der Waals surface area contributed by atoms with Gasteiger partial charge in [0.25, 0.3) is 5.56 Å². The average molecular weight is 411 g/mol. The summed E-state index contributed by atoms with van der Waals surface area (Å²) in [5.41, 5.74) is -1.09. The predicted molar refractivity (Wildman–Crippen MR) is 94.0 cm³/mol.